The van der Waals surface area contributed by atoms with Crippen molar-refractivity contribution in [2.24, 2.45) is 5.92 Å². The van der Waals surface area contributed by atoms with Gasteiger partial charge in [-0.15, -0.1) is 0 Å². The molecule has 0 saturated carbocycles. The number of aliphatic carboxylic acids is 1. The van der Waals surface area contributed by atoms with Crippen LogP contribution in [-0.4, -0.2) is 40.4 Å². The molecule has 0 heterocycles. The Balaban J connectivity index is 2.71. The van der Waals surface area contributed by atoms with Gasteiger partial charge in [-0.1, -0.05) is 115 Å². The van der Waals surface area contributed by atoms with Crippen molar-refractivity contribution in [2.75, 3.05) is 6.61 Å². The van der Waals surface area contributed by atoms with Crippen LogP contribution in [0, 0.1) is 5.92 Å². The zero-order valence-corrected chi connectivity index (χ0v) is 25.9. The average molecular weight is 527 g/mol. The van der Waals surface area contributed by atoms with Gasteiger partial charge in [0.2, 0.25) is 0 Å². The lowest BCUT2D eigenvalue weighted by Crippen LogP contribution is -2.68. The summed E-state index contributed by atoms with van der Waals surface area (Å²) in [4.78, 5) is 11.5. The first-order valence-electron chi connectivity index (χ1n) is 12.9. The first-order chi connectivity index (χ1) is 16.5. The Kier molecular flexibility index (Phi) is 9.73. The lowest BCUT2D eigenvalue weighted by Gasteiger charge is -2.47. The topological polar surface area (TPSA) is 55.8 Å². The van der Waals surface area contributed by atoms with Crippen LogP contribution >= 0.6 is 0 Å². The molecule has 2 rings (SSSR count). The van der Waals surface area contributed by atoms with Gasteiger partial charge < -0.3 is 14.0 Å². The fourth-order valence-corrected chi connectivity index (χ4v) is 10.1. The van der Waals surface area contributed by atoms with Gasteiger partial charge >= 0.3 is 5.97 Å². The minimum atomic E-state index is -2.84. The minimum absolute atomic E-state index is 0.0597. The molecule has 2 aromatic rings. The SMILES string of the molecule is C/C(=C/C(=O)O)[C@@H](C)[C@H](CO[Si](C)(C)C(C)(C)C)O[Si](c1ccccc1)(c1ccccc1)C(C)(C)C. The molecular formula is C30H46O4Si2. The highest BCUT2D eigenvalue weighted by Crippen LogP contribution is 2.40. The van der Waals surface area contributed by atoms with Crippen molar-refractivity contribution in [3.8, 4) is 0 Å². The van der Waals surface area contributed by atoms with E-state index in [4.69, 9.17) is 8.85 Å². The molecule has 2 atom stereocenters. The predicted molar refractivity (Wildman–Crippen MR) is 156 cm³/mol. The van der Waals surface area contributed by atoms with Crippen LogP contribution in [0.1, 0.15) is 55.4 Å². The van der Waals surface area contributed by atoms with E-state index in [-0.39, 0.29) is 22.1 Å². The fraction of sp³-hybridized carbons (Fsp3) is 0.500. The van der Waals surface area contributed by atoms with Crippen LogP contribution in [0.5, 0.6) is 0 Å². The number of hydrogen-bond donors (Lipinski definition) is 1. The van der Waals surface area contributed by atoms with Gasteiger partial charge in [-0.05, 0) is 40.5 Å². The zero-order valence-electron chi connectivity index (χ0n) is 23.9. The van der Waals surface area contributed by atoms with E-state index in [9.17, 15) is 9.90 Å². The summed E-state index contributed by atoms with van der Waals surface area (Å²) in [6.45, 7) is 22.3. The van der Waals surface area contributed by atoms with Crippen LogP contribution in [-0.2, 0) is 13.6 Å². The molecule has 0 bridgehead atoms. The molecule has 0 radical (unpaired) electrons. The summed E-state index contributed by atoms with van der Waals surface area (Å²) in [5, 5.41) is 11.7. The zero-order chi connectivity index (χ0) is 27.4. The van der Waals surface area contributed by atoms with Crippen molar-refractivity contribution in [2.45, 2.75) is 84.7 Å². The van der Waals surface area contributed by atoms with Crippen molar-refractivity contribution in [1.82, 2.24) is 0 Å². The molecule has 0 aliphatic rings. The summed E-state index contributed by atoms with van der Waals surface area (Å²) in [6.07, 6.45) is 1.000. The van der Waals surface area contributed by atoms with Gasteiger partial charge in [0.05, 0.1) is 12.7 Å². The van der Waals surface area contributed by atoms with Gasteiger partial charge in [0.15, 0.2) is 8.32 Å². The van der Waals surface area contributed by atoms with Crippen LogP contribution in [0.15, 0.2) is 72.3 Å². The van der Waals surface area contributed by atoms with Gasteiger partial charge in [-0.2, -0.15) is 0 Å². The molecule has 0 aliphatic heterocycles. The van der Waals surface area contributed by atoms with E-state index in [1.165, 1.54) is 16.4 Å². The summed E-state index contributed by atoms with van der Waals surface area (Å²) >= 11 is 0. The molecule has 36 heavy (non-hydrogen) atoms. The van der Waals surface area contributed by atoms with Gasteiger partial charge in [-0.3, -0.25) is 0 Å². The Morgan fingerprint density at radius 2 is 1.33 bits per heavy atom. The van der Waals surface area contributed by atoms with E-state index >= 15 is 0 Å². The summed E-state index contributed by atoms with van der Waals surface area (Å²) in [7, 11) is -4.90. The van der Waals surface area contributed by atoms with Crippen LogP contribution in [0.25, 0.3) is 0 Å². The molecule has 1 N–H and O–H groups in total. The van der Waals surface area contributed by atoms with Crippen molar-refractivity contribution < 1.29 is 18.8 Å². The molecule has 0 amide bonds. The van der Waals surface area contributed by atoms with Gasteiger partial charge in [0, 0.05) is 12.0 Å². The van der Waals surface area contributed by atoms with Gasteiger partial charge in [0.1, 0.15) is 0 Å². The van der Waals surface area contributed by atoms with Gasteiger partial charge in [-0.25, -0.2) is 4.79 Å². The third kappa shape index (κ3) is 6.85. The maximum Gasteiger partial charge on any atom is 0.328 e. The van der Waals surface area contributed by atoms with Gasteiger partial charge in [0.25, 0.3) is 8.32 Å². The highest BCUT2D eigenvalue weighted by molar-refractivity contribution is 6.99. The third-order valence-corrected chi connectivity index (χ3v) is 17.3. The van der Waals surface area contributed by atoms with Crippen LogP contribution in [0.4, 0.5) is 0 Å². The Bertz CT molecular complexity index is 979. The number of rotatable bonds is 10. The van der Waals surface area contributed by atoms with E-state index in [2.05, 4.69) is 110 Å². The molecule has 2 aromatic carbocycles. The average Bonchev–Trinajstić information content (AvgIpc) is 2.78. The standard InChI is InChI=1S/C30H46O4Si2/c1-23(21-28(31)32)24(2)27(22-33-35(9,10)29(3,4)5)34-36(30(6,7)8,25-17-13-11-14-18-25)26-19-15-12-16-20-26/h11-21,24,27H,22H2,1-10H3,(H,31,32)/b23-21-/t24-,27+/m1/s1. The Morgan fingerprint density at radius 3 is 1.69 bits per heavy atom. The smallest absolute Gasteiger partial charge is 0.328 e. The normalized spacial score (nSPS) is 15.4. The molecule has 198 valence electrons. The second kappa shape index (κ2) is 11.6. The summed E-state index contributed by atoms with van der Waals surface area (Å²) in [5.41, 5.74) is 0.782. The van der Waals surface area contributed by atoms with E-state index in [1.54, 1.807) is 0 Å². The molecule has 0 fully saturated rings. The lowest BCUT2D eigenvalue weighted by molar-refractivity contribution is -0.131. The highest BCUT2D eigenvalue weighted by atomic mass is 28.4. The molecule has 0 saturated heterocycles. The Morgan fingerprint density at radius 1 is 0.889 bits per heavy atom. The second-order valence-electron chi connectivity index (χ2n) is 12.4. The van der Waals surface area contributed by atoms with Crippen LogP contribution in [0.3, 0.4) is 0 Å². The van der Waals surface area contributed by atoms with Crippen molar-refractivity contribution in [3.63, 3.8) is 0 Å². The first-order valence-corrected chi connectivity index (χ1v) is 17.7. The van der Waals surface area contributed by atoms with Crippen molar-refractivity contribution in [3.05, 3.63) is 72.3 Å². The molecule has 0 unspecified atom stereocenters. The number of hydrogen-bond acceptors (Lipinski definition) is 3. The number of carbonyl (C=O) groups is 1. The van der Waals surface area contributed by atoms with Crippen molar-refractivity contribution in [1.29, 1.82) is 0 Å². The first kappa shape index (κ1) is 30.2. The number of carboxylic acid groups (broad SMARTS) is 1. The Labute approximate surface area is 221 Å². The Hall–Kier alpha value is -2.00. The molecule has 6 heteroatoms. The van der Waals surface area contributed by atoms with E-state index < -0.39 is 22.6 Å². The number of benzene rings is 2. The highest BCUT2D eigenvalue weighted by Gasteiger charge is 2.52. The molecular weight excluding hydrogens is 480 g/mol. The van der Waals surface area contributed by atoms with E-state index in [0.717, 1.165) is 5.57 Å². The maximum atomic E-state index is 11.5. The quantitative estimate of drug-likeness (QED) is 0.279. The van der Waals surface area contributed by atoms with E-state index in [1.807, 2.05) is 19.1 Å². The molecule has 4 nitrogen and oxygen atoms in total. The summed E-state index contributed by atoms with van der Waals surface area (Å²) < 4.78 is 14.2. The molecule has 0 aliphatic carbocycles. The maximum absolute atomic E-state index is 11.5. The van der Waals surface area contributed by atoms with E-state index in [0.29, 0.717) is 6.61 Å². The second-order valence-corrected chi connectivity index (χ2v) is 21.5. The third-order valence-electron chi connectivity index (χ3n) is 7.79. The molecule has 0 aromatic heterocycles. The summed E-state index contributed by atoms with van der Waals surface area (Å²) in [6, 6.07) is 21.1. The monoisotopic (exact) mass is 526 g/mol. The van der Waals surface area contributed by atoms with Crippen molar-refractivity contribution >= 4 is 33.0 Å². The largest absolute Gasteiger partial charge is 0.478 e. The molecule has 0 spiro atoms. The lowest BCUT2D eigenvalue weighted by atomic mass is 9.96. The number of carboxylic acids is 1. The minimum Gasteiger partial charge on any atom is -0.478 e. The fourth-order valence-electron chi connectivity index (χ4n) is 4.33. The predicted octanol–water partition coefficient (Wildman–Crippen LogP) is 6.62. The summed E-state index contributed by atoms with van der Waals surface area (Å²) in [5.74, 6) is -1.07. The van der Waals surface area contributed by atoms with Crippen LogP contribution < -0.4 is 10.4 Å². The van der Waals surface area contributed by atoms with Crippen LogP contribution in [0.2, 0.25) is 23.2 Å².